The molecule has 4 aromatic rings. The lowest BCUT2D eigenvalue weighted by Gasteiger charge is -2.35. The molecule has 2 N–H and O–H groups in total. The van der Waals surface area contributed by atoms with Gasteiger partial charge in [0.1, 0.15) is 0 Å². The molecule has 236 valence electrons. The van der Waals surface area contributed by atoms with E-state index in [2.05, 4.69) is 43.4 Å². The summed E-state index contributed by atoms with van der Waals surface area (Å²) in [5, 5.41) is 9.82. The van der Waals surface area contributed by atoms with Crippen molar-refractivity contribution in [2.24, 2.45) is 0 Å². The van der Waals surface area contributed by atoms with Crippen LogP contribution in [-0.2, 0) is 0 Å². The van der Waals surface area contributed by atoms with E-state index in [9.17, 15) is 19.2 Å². The topological polar surface area (TPSA) is 105 Å². The van der Waals surface area contributed by atoms with Crippen molar-refractivity contribution in [1.29, 1.82) is 0 Å². The number of nitrogens with one attached hydrogen (secondary N) is 2. The number of piperazine rings is 1. The number of anilines is 1. The average Bonchev–Trinajstić information content (AvgIpc) is 3.07. The van der Waals surface area contributed by atoms with E-state index in [4.69, 9.17) is 0 Å². The molecule has 3 aliphatic rings. The highest BCUT2D eigenvalue weighted by molar-refractivity contribution is 9.10. The molecule has 11 heteroatoms. The molecule has 0 spiro atoms. The third-order valence-electron chi connectivity index (χ3n) is 9.25. The van der Waals surface area contributed by atoms with Gasteiger partial charge in [-0.05, 0) is 48.8 Å². The molecule has 3 aliphatic heterocycles. The van der Waals surface area contributed by atoms with E-state index in [1.165, 1.54) is 9.80 Å². The highest BCUT2D eigenvalue weighted by atomic mass is 79.9. The van der Waals surface area contributed by atoms with Gasteiger partial charge in [0.05, 0.1) is 0 Å². The predicted molar refractivity (Wildman–Crippen MR) is 182 cm³/mol. The SMILES string of the molecule is CN1CCN(c2ccc3c4c(cccc24)C(=O)N(CCNCCNCCN2C(=O)c4cccc5c(Br)ccc(c45)C2=O)C3=O)CC1. The van der Waals surface area contributed by atoms with Crippen LogP contribution in [0.1, 0.15) is 41.4 Å². The van der Waals surface area contributed by atoms with Crippen molar-refractivity contribution in [3.8, 4) is 0 Å². The van der Waals surface area contributed by atoms with Gasteiger partial charge >= 0.3 is 0 Å². The van der Waals surface area contributed by atoms with E-state index < -0.39 is 0 Å². The number of carbonyl (C=O) groups is 4. The number of halogens is 1. The summed E-state index contributed by atoms with van der Waals surface area (Å²) in [6.07, 6.45) is 0. The minimum Gasteiger partial charge on any atom is -0.368 e. The van der Waals surface area contributed by atoms with Gasteiger partial charge in [-0.25, -0.2) is 0 Å². The minimum atomic E-state index is -0.287. The summed E-state index contributed by atoms with van der Waals surface area (Å²) < 4.78 is 0.850. The standard InChI is InChI=1S/C35H35BrN6O4/c1-39-18-20-40(21-19-39)29-11-9-27-31-23(29)5-3-7-25(31)33(44)42(35(27)46)17-15-38-13-12-37-14-16-41-32(43)24-6-2-4-22-28(36)10-8-26(30(22)24)34(41)45/h2-11,37-38H,12-21H2,1H3. The molecule has 0 aliphatic carbocycles. The Balaban J connectivity index is 0.907. The molecular formula is C35H35BrN6O4. The molecule has 3 heterocycles. The summed E-state index contributed by atoms with van der Waals surface area (Å²) in [4.78, 5) is 60.6. The van der Waals surface area contributed by atoms with Crippen molar-refractivity contribution in [2.75, 3.05) is 77.4 Å². The molecule has 0 bridgehead atoms. The van der Waals surface area contributed by atoms with Gasteiger partial charge in [-0.3, -0.25) is 29.0 Å². The van der Waals surface area contributed by atoms with E-state index in [1.807, 2.05) is 48.5 Å². The fourth-order valence-corrected chi connectivity index (χ4v) is 7.24. The molecule has 0 atom stereocenters. The number of hydrogen-bond donors (Lipinski definition) is 2. The fraction of sp³-hybridized carbons (Fsp3) is 0.314. The van der Waals surface area contributed by atoms with Gasteiger partial charge in [-0.2, -0.15) is 0 Å². The number of benzene rings is 4. The second kappa shape index (κ2) is 12.6. The third-order valence-corrected chi connectivity index (χ3v) is 9.95. The molecule has 0 aromatic heterocycles. The lowest BCUT2D eigenvalue weighted by atomic mass is 9.92. The van der Waals surface area contributed by atoms with Crippen molar-refractivity contribution in [1.82, 2.24) is 25.3 Å². The van der Waals surface area contributed by atoms with Gasteiger partial charge in [0, 0.05) is 114 Å². The molecule has 0 unspecified atom stereocenters. The zero-order valence-electron chi connectivity index (χ0n) is 25.6. The minimum absolute atomic E-state index is 0.252. The Morgan fingerprint density at radius 2 is 1.07 bits per heavy atom. The lowest BCUT2D eigenvalue weighted by molar-refractivity contribution is 0.0595. The molecule has 4 aromatic carbocycles. The first-order valence-corrected chi connectivity index (χ1v) is 16.5. The second-order valence-electron chi connectivity index (χ2n) is 12.0. The summed E-state index contributed by atoms with van der Waals surface area (Å²) in [5.74, 6) is -1.10. The first kappa shape index (κ1) is 30.5. The van der Waals surface area contributed by atoms with Gasteiger partial charge in [0.2, 0.25) is 0 Å². The number of amides is 4. The number of likely N-dealkylation sites (N-methyl/N-ethyl adjacent to an activating group) is 1. The maximum atomic E-state index is 13.5. The van der Waals surface area contributed by atoms with Gasteiger partial charge in [-0.15, -0.1) is 0 Å². The molecule has 10 nitrogen and oxygen atoms in total. The maximum Gasteiger partial charge on any atom is 0.261 e. The van der Waals surface area contributed by atoms with E-state index in [1.54, 1.807) is 12.1 Å². The Morgan fingerprint density at radius 3 is 1.63 bits per heavy atom. The monoisotopic (exact) mass is 682 g/mol. The Labute approximate surface area is 275 Å². The van der Waals surface area contributed by atoms with Crippen LogP contribution in [0.2, 0.25) is 0 Å². The van der Waals surface area contributed by atoms with Crippen LogP contribution in [0.5, 0.6) is 0 Å². The number of imide groups is 2. The summed E-state index contributed by atoms with van der Waals surface area (Å²) in [7, 11) is 2.12. The van der Waals surface area contributed by atoms with Crippen molar-refractivity contribution < 1.29 is 19.2 Å². The molecule has 4 amide bonds. The van der Waals surface area contributed by atoms with Crippen LogP contribution in [-0.4, -0.2) is 111 Å². The quantitative estimate of drug-likeness (QED) is 0.193. The molecule has 7 rings (SSSR count). The zero-order chi connectivity index (χ0) is 31.9. The van der Waals surface area contributed by atoms with Crippen LogP contribution >= 0.6 is 15.9 Å². The van der Waals surface area contributed by atoms with Gasteiger partial charge in [-0.1, -0.05) is 40.2 Å². The third kappa shape index (κ3) is 5.27. The Kier molecular flexibility index (Phi) is 8.33. The molecule has 0 saturated carbocycles. The predicted octanol–water partition coefficient (Wildman–Crippen LogP) is 3.58. The first-order chi connectivity index (χ1) is 22.3. The average molecular weight is 684 g/mol. The highest BCUT2D eigenvalue weighted by Crippen LogP contribution is 2.37. The molecule has 46 heavy (non-hydrogen) atoms. The molecule has 0 radical (unpaired) electrons. The van der Waals surface area contributed by atoms with Crippen molar-refractivity contribution in [3.63, 3.8) is 0 Å². The molecule has 1 saturated heterocycles. The number of rotatable bonds is 10. The van der Waals surface area contributed by atoms with Crippen LogP contribution in [0.15, 0.2) is 65.1 Å². The molecule has 1 fully saturated rings. The Hall–Kier alpha value is -4.16. The lowest BCUT2D eigenvalue weighted by Crippen LogP contribution is -2.46. The summed E-state index contributed by atoms with van der Waals surface area (Å²) in [5.41, 5.74) is 3.27. The van der Waals surface area contributed by atoms with Crippen LogP contribution in [0.25, 0.3) is 21.5 Å². The first-order valence-electron chi connectivity index (χ1n) is 15.7. The largest absolute Gasteiger partial charge is 0.368 e. The van der Waals surface area contributed by atoms with E-state index in [0.717, 1.165) is 52.5 Å². The van der Waals surface area contributed by atoms with Crippen LogP contribution < -0.4 is 15.5 Å². The summed E-state index contributed by atoms with van der Waals surface area (Å²) in [6, 6.07) is 18.7. The fourth-order valence-electron chi connectivity index (χ4n) is 6.78. The van der Waals surface area contributed by atoms with Gasteiger partial charge in [0.25, 0.3) is 23.6 Å². The molecular weight excluding hydrogens is 648 g/mol. The van der Waals surface area contributed by atoms with Crippen LogP contribution in [0.3, 0.4) is 0 Å². The summed E-state index contributed by atoms with van der Waals surface area (Å²) in [6.45, 7) is 6.34. The second-order valence-corrected chi connectivity index (χ2v) is 12.9. The normalized spacial score (nSPS) is 16.8. The summed E-state index contributed by atoms with van der Waals surface area (Å²) >= 11 is 3.52. The van der Waals surface area contributed by atoms with Crippen molar-refractivity contribution >= 4 is 66.8 Å². The van der Waals surface area contributed by atoms with Crippen molar-refractivity contribution in [3.05, 3.63) is 87.4 Å². The van der Waals surface area contributed by atoms with Gasteiger partial charge in [0.15, 0.2) is 0 Å². The Bertz CT molecular complexity index is 1860. The van der Waals surface area contributed by atoms with E-state index in [-0.39, 0.29) is 36.7 Å². The maximum absolute atomic E-state index is 13.5. The van der Waals surface area contributed by atoms with Crippen LogP contribution in [0, 0.1) is 0 Å². The van der Waals surface area contributed by atoms with E-state index in [0.29, 0.717) is 53.8 Å². The zero-order valence-corrected chi connectivity index (χ0v) is 27.2. The Morgan fingerprint density at radius 1 is 0.587 bits per heavy atom. The highest BCUT2D eigenvalue weighted by Gasteiger charge is 2.34. The smallest absolute Gasteiger partial charge is 0.261 e. The number of carbonyl (C=O) groups excluding carboxylic acids is 4. The number of hydrogen-bond acceptors (Lipinski definition) is 8. The van der Waals surface area contributed by atoms with Crippen LogP contribution in [0.4, 0.5) is 5.69 Å². The van der Waals surface area contributed by atoms with E-state index >= 15 is 0 Å². The number of nitrogens with zero attached hydrogens (tertiary/aromatic N) is 4. The van der Waals surface area contributed by atoms with Crippen molar-refractivity contribution in [2.45, 2.75) is 0 Å². The van der Waals surface area contributed by atoms with Gasteiger partial charge < -0.3 is 20.4 Å².